The molecule has 0 aromatic carbocycles. The van der Waals surface area contributed by atoms with Crippen molar-refractivity contribution in [3.05, 3.63) is 31.0 Å². The smallest absolute Gasteiger partial charge is 0.116 e. The molecule has 0 aliphatic heterocycles. The van der Waals surface area contributed by atoms with Crippen molar-refractivity contribution in [3.63, 3.8) is 0 Å². The SMILES string of the molecule is CNc1c[nH]cc1-c1ccncn1. The number of nitrogens with zero attached hydrogens (tertiary/aromatic N) is 2. The fourth-order valence-electron chi connectivity index (χ4n) is 1.23. The summed E-state index contributed by atoms with van der Waals surface area (Å²) in [7, 11) is 1.88. The van der Waals surface area contributed by atoms with Crippen molar-refractivity contribution in [2.45, 2.75) is 0 Å². The van der Waals surface area contributed by atoms with Gasteiger partial charge >= 0.3 is 0 Å². The third kappa shape index (κ3) is 1.38. The number of aromatic amines is 1. The molecule has 13 heavy (non-hydrogen) atoms. The van der Waals surface area contributed by atoms with Gasteiger partial charge in [0.25, 0.3) is 0 Å². The first kappa shape index (κ1) is 7.79. The van der Waals surface area contributed by atoms with Gasteiger partial charge in [-0.3, -0.25) is 0 Å². The minimum Gasteiger partial charge on any atom is -0.386 e. The number of rotatable bonds is 2. The highest BCUT2D eigenvalue weighted by Gasteiger charge is 2.04. The van der Waals surface area contributed by atoms with Gasteiger partial charge in [-0.2, -0.15) is 0 Å². The van der Waals surface area contributed by atoms with Gasteiger partial charge in [0.15, 0.2) is 0 Å². The predicted octanol–water partition coefficient (Wildman–Crippen LogP) is 1.51. The molecular formula is C9H10N4. The van der Waals surface area contributed by atoms with Crippen LogP contribution in [0.5, 0.6) is 0 Å². The van der Waals surface area contributed by atoms with E-state index in [4.69, 9.17) is 0 Å². The Kier molecular flexibility index (Phi) is 1.96. The van der Waals surface area contributed by atoms with Crippen LogP contribution in [0, 0.1) is 0 Å². The summed E-state index contributed by atoms with van der Waals surface area (Å²) in [5.41, 5.74) is 3.02. The molecule has 0 fully saturated rings. The van der Waals surface area contributed by atoms with Crippen molar-refractivity contribution in [3.8, 4) is 11.3 Å². The Labute approximate surface area is 76.1 Å². The highest BCUT2D eigenvalue weighted by Crippen LogP contribution is 2.24. The van der Waals surface area contributed by atoms with Gasteiger partial charge in [-0.15, -0.1) is 0 Å². The molecule has 2 aromatic rings. The minimum absolute atomic E-state index is 0.917. The molecule has 0 radical (unpaired) electrons. The minimum atomic E-state index is 0.917. The first-order valence-corrected chi connectivity index (χ1v) is 4.02. The summed E-state index contributed by atoms with van der Waals surface area (Å²) < 4.78 is 0. The summed E-state index contributed by atoms with van der Waals surface area (Å²) in [5.74, 6) is 0. The molecule has 0 bridgehead atoms. The van der Waals surface area contributed by atoms with Crippen LogP contribution < -0.4 is 5.32 Å². The Hall–Kier alpha value is -1.84. The molecule has 0 saturated heterocycles. The van der Waals surface area contributed by atoms with Crippen molar-refractivity contribution in [1.82, 2.24) is 15.0 Å². The third-order valence-corrected chi connectivity index (χ3v) is 1.87. The van der Waals surface area contributed by atoms with Gasteiger partial charge in [0, 0.05) is 31.2 Å². The topological polar surface area (TPSA) is 53.6 Å². The zero-order chi connectivity index (χ0) is 9.10. The van der Waals surface area contributed by atoms with Crippen LogP contribution in [0.2, 0.25) is 0 Å². The second-order valence-electron chi connectivity index (χ2n) is 2.63. The van der Waals surface area contributed by atoms with Crippen LogP contribution in [0.25, 0.3) is 11.3 Å². The molecule has 0 amide bonds. The van der Waals surface area contributed by atoms with Crippen LogP contribution in [-0.2, 0) is 0 Å². The zero-order valence-electron chi connectivity index (χ0n) is 7.28. The summed E-state index contributed by atoms with van der Waals surface area (Å²) in [6.07, 6.45) is 7.09. The average molecular weight is 174 g/mol. The monoisotopic (exact) mass is 174 g/mol. The van der Waals surface area contributed by atoms with Crippen LogP contribution in [0.1, 0.15) is 0 Å². The molecule has 2 heterocycles. The van der Waals surface area contributed by atoms with Gasteiger partial charge in [0.1, 0.15) is 6.33 Å². The number of hydrogen-bond acceptors (Lipinski definition) is 3. The highest BCUT2D eigenvalue weighted by molar-refractivity contribution is 5.74. The van der Waals surface area contributed by atoms with Crippen molar-refractivity contribution >= 4 is 5.69 Å². The van der Waals surface area contributed by atoms with Crippen LogP contribution in [0.15, 0.2) is 31.0 Å². The molecule has 0 atom stereocenters. The largest absolute Gasteiger partial charge is 0.386 e. The first-order chi connectivity index (χ1) is 6.42. The molecule has 0 saturated carbocycles. The van der Waals surface area contributed by atoms with Crippen LogP contribution in [-0.4, -0.2) is 22.0 Å². The average Bonchev–Trinajstić information content (AvgIpc) is 2.67. The first-order valence-electron chi connectivity index (χ1n) is 4.02. The molecule has 66 valence electrons. The maximum Gasteiger partial charge on any atom is 0.116 e. The molecular weight excluding hydrogens is 164 g/mol. The van der Waals surface area contributed by atoms with E-state index in [9.17, 15) is 0 Å². The van der Waals surface area contributed by atoms with E-state index in [1.807, 2.05) is 25.5 Å². The Bertz CT molecular complexity index is 380. The molecule has 0 unspecified atom stereocenters. The van der Waals surface area contributed by atoms with E-state index in [2.05, 4.69) is 20.3 Å². The zero-order valence-corrected chi connectivity index (χ0v) is 7.28. The standard InChI is InChI=1S/C9H10N4/c1-10-9-5-12-4-7(9)8-2-3-11-6-13-8/h2-6,10,12H,1H3. The lowest BCUT2D eigenvalue weighted by atomic mass is 10.2. The number of anilines is 1. The van der Waals surface area contributed by atoms with E-state index in [0.717, 1.165) is 16.9 Å². The number of hydrogen-bond donors (Lipinski definition) is 2. The maximum atomic E-state index is 4.16. The Morgan fingerprint density at radius 2 is 2.31 bits per heavy atom. The van der Waals surface area contributed by atoms with Gasteiger partial charge in [-0.05, 0) is 6.07 Å². The quantitative estimate of drug-likeness (QED) is 0.725. The van der Waals surface area contributed by atoms with Crippen LogP contribution in [0.3, 0.4) is 0 Å². The van der Waals surface area contributed by atoms with Gasteiger partial charge in [-0.25, -0.2) is 9.97 Å². The van der Waals surface area contributed by atoms with E-state index in [1.54, 1.807) is 12.5 Å². The highest BCUT2D eigenvalue weighted by atomic mass is 14.9. The lowest BCUT2D eigenvalue weighted by Gasteiger charge is -2.00. The molecule has 2 rings (SSSR count). The van der Waals surface area contributed by atoms with Crippen LogP contribution in [0.4, 0.5) is 5.69 Å². The second-order valence-corrected chi connectivity index (χ2v) is 2.63. The van der Waals surface area contributed by atoms with E-state index >= 15 is 0 Å². The maximum absolute atomic E-state index is 4.16. The van der Waals surface area contributed by atoms with E-state index in [0.29, 0.717) is 0 Å². The molecule has 4 nitrogen and oxygen atoms in total. The molecule has 2 N–H and O–H groups in total. The van der Waals surface area contributed by atoms with Crippen molar-refractivity contribution in [2.75, 3.05) is 12.4 Å². The van der Waals surface area contributed by atoms with Crippen molar-refractivity contribution in [2.24, 2.45) is 0 Å². The van der Waals surface area contributed by atoms with Crippen molar-refractivity contribution < 1.29 is 0 Å². The van der Waals surface area contributed by atoms with Gasteiger partial charge < -0.3 is 10.3 Å². The molecule has 0 aliphatic rings. The Balaban J connectivity index is 2.47. The summed E-state index contributed by atoms with van der Waals surface area (Å²) in [5, 5.41) is 3.08. The number of aromatic nitrogens is 3. The second kappa shape index (κ2) is 3.26. The Morgan fingerprint density at radius 1 is 1.38 bits per heavy atom. The van der Waals surface area contributed by atoms with E-state index in [1.165, 1.54) is 0 Å². The Morgan fingerprint density at radius 3 is 3.00 bits per heavy atom. The molecule has 4 heteroatoms. The molecule has 0 spiro atoms. The predicted molar refractivity (Wildman–Crippen MR) is 51.4 cm³/mol. The fraction of sp³-hybridized carbons (Fsp3) is 0.111. The number of H-pyrrole nitrogens is 1. The van der Waals surface area contributed by atoms with Gasteiger partial charge in [0.05, 0.1) is 11.4 Å². The summed E-state index contributed by atoms with van der Waals surface area (Å²) >= 11 is 0. The third-order valence-electron chi connectivity index (χ3n) is 1.87. The molecule has 2 aromatic heterocycles. The lowest BCUT2D eigenvalue weighted by molar-refractivity contribution is 1.17. The van der Waals surface area contributed by atoms with Gasteiger partial charge in [-0.1, -0.05) is 0 Å². The summed E-state index contributed by atoms with van der Waals surface area (Å²) in [4.78, 5) is 11.1. The van der Waals surface area contributed by atoms with Crippen molar-refractivity contribution in [1.29, 1.82) is 0 Å². The van der Waals surface area contributed by atoms with E-state index in [-0.39, 0.29) is 0 Å². The number of nitrogens with one attached hydrogen (secondary N) is 2. The summed E-state index contributed by atoms with van der Waals surface area (Å²) in [6, 6.07) is 1.88. The van der Waals surface area contributed by atoms with Crippen LogP contribution >= 0.6 is 0 Å². The summed E-state index contributed by atoms with van der Waals surface area (Å²) in [6.45, 7) is 0. The molecule has 0 aliphatic carbocycles. The van der Waals surface area contributed by atoms with Gasteiger partial charge in [0.2, 0.25) is 0 Å². The van der Waals surface area contributed by atoms with E-state index < -0.39 is 0 Å². The lowest BCUT2D eigenvalue weighted by Crippen LogP contribution is -1.89. The fourth-order valence-corrected chi connectivity index (χ4v) is 1.23. The normalized spacial score (nSPS) is 9.92.